The van der Waals surface area contributed by atoms with Crippen molar-refractivity contribution < 1.29 is 0 Å². The van der Waals surface area contributed by atoms with Crippen LogP contribution < -0.4 is 10.5 Å². The molecule has 0 N–H and O–H groups in total. The van der Waals surface area contributed by atoms with Crippen LogP contribution in [0, 0.1) is 13.8 Å². The number of nitrogens with zero attached hydrogens (tertiary/aromatic N) is 5. The first-order valence-corrected chi connectivity index (χ1v) is 8.75. The van der Waals surface area contributed by atoms with Crippen molar-refractivity contribution in [3.63, 3.8) is 0 Å². The normalized spacial score (nSPS) is 14.8. The van der Waals surface area contributed by atoms with Crippen LogP contribution in [-0.4, -0.2) is 53.2 Å². The lowest BCUT2D eigenvalue weighted by Crippen LogP contribution is -2.48. The van der Waals surface area contributed by atoms with Crippen LogP contribution in [0.2, 0.25) is 0 Å². The summed E-state index contributed by atoms with van der Waals surface area (Å²) in [5.74, 6) is 0.739. The van der Waals surface area contributed by atoms with E-state index >= 15 is 0 Å². The molecule has 0 aliphatic carbocycles. The Labute approximate surface area is 149 Å². The minimum absolute atomic E-state index is 0.0562. The van der Waals surface area contributed by atoms with Gasteiger partial charge < -0.3 is 4.90 Å². The molecule has 0 amide bonds. The van der Waals surface area contributed by atoms with Gasteiger partial charge in [0, 0.05) is 23.5 Å². The standard InChI is InChI=1S/C19H27N5O/c1-15-16(2)20-19-23(17-9-6-5-7-10-17)13-22(12-8-11-21(3)4)14-24(19)18(15)25/h5-7,9-10H,8,11-14H2,1-4H3. The maximum Gasteiger partial charge on any atom is 0.259 e. The molecular weight excluding hydrogens is 314 g/mol. The molecule has 0 saturated carbocycles. The van der Waals surface area contributed by atoms with Gasteiger partial charge in [-0.15, -0.1) is 0 Å². The maximum atomic E-state index is 12.8. The Morgan fingerprint density at radius 1 is 1.12 bits per heavy atom. The maximum absolute atomic E-state index is 12.8. The molecule has 0 spiro atoms. The van der Waals surface area contributed by atoms with Crippen LogP contribution in [0.5, 0.6) is 0 Å². The molecule has 134 valence electrons. The van der Waals surface area contributed by atoms with E-state index in [-0.39, 0.29) is 5.56 Å². The molecule has 1 aromatic heterocycles. The molecule has 0 bridgehead atoms. The van der Waals surface area contributed by atoms with E-state index in [1.807, 2.05) is 32.0 Å². The van der Waals surface area contributed by atoms with Gasteiger partial charge in [-0.3, -0.25) is 19.2 Å². The zero-order chi connectivity index (χ0) is 18.0. The molecule has 6 heteroatoms. The summed E-state index contributed by atoms with van der Waals surface area (Å²) in [5.41, 5.74) is 2.65. The number of anilines is 2. The Balaban J connectivity index is 1.96. The number of hydrogen-bond donors (Lipinski definition) is 0. The molecule has 0 atom stereocenters. The summed E-state index contributed by atoms with van der Waals surface area (Å²) in [6.45, 7) is 7.08. The molecule has 2 aromatic rings. The molecule has 1 aliphatic heterocycles. The Hall–Kier alpha value is -2.18. The van der Waals surface area contributed by atoms with E-state index in [4.69, 9.17) is 4.98 Å². The van der Waals surface area contributed by atoms with E-state index in [9.17, 15) is 4.79 Å². The number of aromatic nitrogens is 2. The largest absolute Gasteiger partial charge is 0.309 e. The second kappa shape index (κ2) is 7.37. The molecule has 1 aliphatic rings. The van der Waals surface area contributed by atoms with Gasteiger partial charge in [-0.25, -0.2) is 4.98 Å². The number of aryl methyl sites for hydroxylation is 1. The first-order valence-electron chi connectivity index (χ1n) is 8.75. The number of para-hydroxylation sites is 1. The SMILES string of the molecule is Cc1nc2n(c(=O)c1C)CN(CCCN(C)C)CN2c1ccccc1. The summed E-state index contributed by atoms with van der Waals surface area (Å²) in [4.78, 5) is 24.2. The van der Waals surface area contributed by atoms with Gasteiger partial charge in [0.05, 0.1) is 13.3 Å². The monoisotopic (exact) mass is 341 g/mol. The molecule has 0 saturated heterocycles. The van der Waals surface area contributed by atoms with Crippen LogP contribution in [0.25, 0.3) is 0 Å². The Bertz CT molecular complexity index is 784. The fraction of sp³-hybridized carbons (Fsp3) is 0.474. The lowest BCUT2D eigenvalue weighted by Gasteiger charge is -2.38. The summed E-state index contributed by atoms with van der Waals surface area (Å²) < 4.78 is 1.80. The van der Waals surface area contributed by atoms with Crippen LogP contribution >= 0.6 is 0 Å². The van der Waals surface area contributed by atoms with E-state index in [0.29, 0.717) is 6.67 Å². The third-order valence-electron chi connectivity index (χ3n) is 4.69. The van der Waals surface area contributed by atoms with Crippen molar-refractivity contribution in [1.29, 1.82) is 0 Å². The molecule has 6 nitrogen and oxygen atoms in total. The molecule has 2 heterocycles. The molecular formula is C19H27N5O. The highest BCUT2D eigenvalue weighted by Crippen LogP contribution is 2.27. The smallest absolute Gasteiger partial charge is 0.259 e. The van der Waals surface area contributed by atoms with E-state index in [1.54, 1.807) is 4.57 Å². The van der Waals surface area contributed by atoms with Crippen LogP contribution in [0.1, 0.15) is 17.7 Å². The summed E-state index contributed by atoms with van der Waals surface area (Å²) in [5, 5.41) is 0. The van der Waals surface area contributed by atoms with Crippen molar-refractivity contribution in [2.24, 2.45) is 0 Å². The average Bonchev–Trinajstić information content (AvgIpc) is 2.60. The van der Waals surface area contributed by atoms with Gasteiger partial charge in [0.15, 0.2) is 0 Å². The van der Waals surface area contributed by atoms with Crippen LogP contribution in [0.4, 0.5) is 11.6 Å². The van der Waals surface area contributed by atoms with Crippen molar-refractivity contribution in [3.8, 4) is 0 Å². The van der Waals surface area contributed by atoms with Gasteiger partial charge in [-0.1, -0.05) is 18.2 Å². The topological polar surface area (TPSA) is 44.6 Å². The second-order valence-electron chi connectivity index (χ2n) is 6.95. The van der Waals surface area contributed by atoms with Crippen molar-refractivity contribution in [1.82, 2.24) is 19.4 Å². The van der Waals surface area contributed by atoms with Crippen molar-refractivity contribution in [3.05, 3.63) is 51.9 Å². The Morgan fingerprint density at radius 3 is 2.52 bits per heavy atom. The predicted molar refractivity (Wildman–Crippen MR) is 101 cm³/mol. The lowest BCUT2D eigenvalue weighted by atomic mass is 10.2. The van der Waals surface area contributed by atoms with Crippen LogP contribution in [-0.2, 0) is 6.67 Å². The molecule has 0 radical (unpaired) electrons. The molecule has 0 fully saturated rings. The number of fused-ring (bicyclic) bond motifs is 1. The predicted octanol–water partition coefficient (Wildman–Crippen LogP) is 2.18. The number of rotatable bonds is 5. The van der Waals surface area contributed by atoms with Crippen molar-refractivity contribution in [2.45, 2.75) is 26.9 Å². The van der Waals surface area contributed by atoms with Crippen LogP contribution in [0.3, 0.4) is 0 Å². The molecule has 0 unspecified atom stereocenters. The minimum Gasteiger partial charge on any atom is -0.309 e. The van der Waals surface area contributed by atoms with Crippen LogP contribution in [0.15, 0.2) is 35.1 Å². The second-order valence-corrected chi connectivity index (χ2v) is 6.95. The highest BCUT2D eigenvalue weighted by Gasteiger charge is 2.26. The highest BCUT2D eigenvalue weighted by molar-refractivity contribution is 5.58. The molecule has 25 heavy (non-hydrogen) atoms. The van der Waals surface area contributed by atoms with Crippen molar-refractivity contribution >= 4 is 11.6 Å². The fourth-order valence-corrected chi connectivity index (χ4v) is 3.14. The molecule has 3 rings (SSSR count). The van der Waals surface area contributed by atoms with Gasteiger partial charge in [0.2, 0.25) is 5.95 Å². The molecule has 1 aromatic carbocycles. The summed E-state index contributed by atoms with van der Waals surface area (Å²) >= 11 is 0. The first kappa shape index (κ1) is 17.6. The summed E-state index contributed by atoms with van der Waals surface area (Å²) in [6.07, 6.45) is 1.07. The zero-order valence-corrected chi connectivity index (χ0v) is 15.6. The van der Waals surface area contributed by atoms with Gasteiger partial charge in [0.25, 0.3) is 5.56 Å². The number of hydrogen-bond acceptors (Lipinski definition) is 5. The van der Waals surface area contributed by atoms with E-state index in [2.05, 4.69) is 40.9 Å². The fourth-order valence-electron chi connectivity index (χ4n) is 3.14. The highest BCUT2D eigenvalue weighted by atomic mass is 16.1. The minimum atomic E-state index is 0.0562. The third-order valence-corrected chi connectivity index (χ3v) is 4.69. The third kappa shape index (κ3) is 3.75. The first-order chi connectivity index (χ1) is 12.0. The van der Waals surface area contributed by atoms with Gasteiger partial charge >= 0.3 is 0 Å². The zero-order valence-electron chi connectivity index (χ0n) is 15.6. The van der Waals surface area contributed by atoms with Gasteiger partial charge in [-0.05, 0) is 53.0 Å². The van der Waals surface area contributed by atoms with Crippen molar-refractivity contribution in [2.75, 3.05) is 38.8 Å². The average molecular weight is 341 g/mol. The van der Waals surface area contributed by atoms with Gasteiger partial charge in [0.1, 0.15) is 0 Å². The lowest BCUT2D eigenvalue weighted by molar-refractivity contribution is 0.189. The van der Waals surface area contributed by atoms with E-state index < -0.39 is 0 Å². The Morgan fingerprint density at radius 2 is 1.84 bits per heavy atom. The summed E-state index contributed by atoms with van der Waals surface area (Å²) in [6, 6.07) is 10.2. The number of benzene rings is 1. The van der Waals surface area contributed by atoms with Gasteiger partial charge in [-0.2, -0.15) is 0 Å². The summed E-state index contributed by atoms with van der Waals surface area (Å²) in [7, 11) is 4.17. The van der Waals surface area contributed by atoms with E-state index in [0.717, 1.165) is 49.1 Å². The Kier molecular flexibility index (Phi) is 5.20. The van der Waals surface area contributed by atoms with E-state index in [1.165, 1.54) is 0 Å². The quantitative estimate of drug-likeness (QED) is 0.834.